The second kappa shape index (κ2) is 6.06. The van der Waals surface area contributed by atoms with E-state index in [1.54, 1.807) is 20.9 Å². The maximum absolute atomic E-state index is 12.1. The Labute approximate surface area is 115 Å². The molecule has 0 atom stereocenters. The predicted octanol–water partition coefficient (Wildman–Crippen LogP) is 3.04. The van der Waals surface area contributed by atoms with E-state index in [0.717, 1.165) is 11.3 Å². The molecule has 2 N–H and O–H groups in total. The number of carbonyl (C=O) groups is 1. The molecule has 0 aliphatic heterocycles. The normalized spacial score (nSPS) is 11.5. The number of hydrogen-bond acceptors (Lipinski definition) is 2. The Balaban J connectivity index is 2.77. The first-order valence-corrected chi connectivity index (χ1v) is 6.54. The van der Waals surface area contributed by atoms with Gasteiger partial charge in [-0.25, -0.2) is 4.79 Å². The van der Waals surface area contributed by atoms with E-state index in [-0.39, 0.29) is 12.6 Å². The lowest BCUT2D eigenvalue weighted by atomic mass is 10.0. The molecule has 1 aromatic carbocycles. The van der Waals surface area contributed by atoms with E-state index in [1.807, 2.05) is 24.3 Å². The minimum atomic E-state index is -0.899. The summed E-state index contributed by atoms with van der Waals surface area (Å²) in [6.07, 6.45) is 0. The highest BCUT2D eigenvalue weighted by Crippen LogP contribution is 2.23. The predicted molar refractivity (Wildman–Crippen MR) is 78.5 cm³/mol. The fourth-order valence-corrected chi connectivity index (χ4v) is 1.98. The van der Waals surface area contributed by atoms with Crippen LogP contribution >= 0.6 is 0 Å². The smallest absolute Gasteiger partial charge is 0.321 e. The summed E-state index contributed by atoms with van der Waals surface area (Å²) in [7, 11) is 1.67. The largest absolute Gasteiger partial charge is 0.389 e. The van der Waals surface area contributed by atoms with Crippen molar-refractivity contribution in [1.82, 2.24) is 4.90 Å². The Hall–Kier alpha value is -1.55. The third-order valence-electron chi connectivity index (χ3n) is 2.80. The topological polar surface area (TPSA) is 52.6 Å². The fraction of sp³-hybridized carbons (Fsp3) is 0.533. The third-order valence-corrected chi connectivity index (χ3v) is 2.80. The van der Waals surface area contributed by atoms with Gasteiger partial charge in [-0.3, -0.25) is 0 Å². The SMILES string of the molecule is CC(C)c1ccccc1NC(=O)N(C)CC(C)(C)O. The van der Waals surface area contributed by atoms with Gasteiger partial charge in [-0.15, -0.1) is 0 Å². The molecule has 0 aliphatic rings. The summed E-state index contributed by atoms with van der Waals surface area (Å²) in [5.74, 6) is 0.344. The van der Waals surface area contributed by atoms with Crippen LogP contribution < -0.4 is 5.32 Å². The maximum atomic E-state index is 12.1. The molecular weight excluding hydrogens is 240 g/mol. The van der Waals surface area contributed by atoms with E-state index >= 15 is 0 Å². The van der Waals surface area contributed by atoms with E-state index in [9.17, 15) is 9.90 Å². The van der Waals surface area contributed by atoms with Gasteiger partial charge in [0.2, 0.25) is 0 Å². The molecule has 1 rings (SSSR count). The zero-order valence-electron chi connectivity index (χ0n) is 12.4. The van der Waals surface area contributed by atoms with Crippen molar-refractivity contribution < 1.29 is 9.90 Å². The summed E-state index contributed by atoms with van der Waals surface area (Å²) in [6, 6.07) is 7.56. The van der Waals surface area contributed by atoms with Gasteiger partial charge in [-0.2, -0.15) is 0 Å². The summed E-state index contributed by atoms with van der Waals surface area (Å²) in [4.78, 5) is 13.6. The third kappa shape index (κ3) is 4.91. The molecule has 1 aromatic rings. The molecule has 2 amide bonds. The number of hydrogen-bond donors (Lipinski definition) is 2. The average molecular weight is 264 g/mol. The number of rotatable bonds is 4. The van der Waals surface area contributed by atoms with Crippen LogP contribution in [0.5, 0.6) is 0 Å². The summed E-state index contributed by atoms with van der Waals surface area (Å²) < 4.78 is 0. The van der Waals surface area contributed by atoms with Gasteiger partial charge in [0.1, 0.15) is 0 Å². The summed E-state index contributed by atoms with van der Waals surface area (Å²) in [5.41, 5.74) is 1.03. The van der Waals surface area contributed by atoms with Crippen LogP contribution in [-0.4, -0.2) is 35.2 Å². The van der Waals surface area contributed by atoms with Gasteiger partial charge in [-0.1, -0.05) is 32.0 Å². The summed E-state index contributed by atoms with van der Waals surface area (Å²) in [5, 5.41) is 12.6. The van der Waals surface area contributed by atoms with Gasteiger partial charge in [0.25, 0.3) is 0 Å². The van der Waals surface area contributed by atoms with Gasteiger partial charge < -0.3 is 15.3 Å². The van der Waals surface area contributed by atoms with Crippen LogP contribution in [0.25, 0.3) is 0 Å². The number of amides is 2. The van der Waals surface area contributed by atoms with Crippen molar-refractivity contribution in [3.8, 4) is 0 Å². The number of urea groups is 1. The molecule has 0 spiro atoms. The van der Waals surface area contributed by atoms with Crippen molar-refractivity contribution in [2.24, 2.45) is 0 Å². The lowest BCUT2D eigenvalue weighted by Crippen LogP contribution is -2.41. The van der Waals surface area contributed by atoms with Crippen molar-refractivity contribution in [1.29, 1.82) is 0 Å². The fourth-order valence-electron chi connectivity index (χ4n) is 1.98. The average Bonchev–Trinajstić information content (AvgIpc) is 2.27. The van der Waals surface area contributed by atoms with Gasteiger partial charge in [0.05, 0.1) is 12.1 Å². The first-order valence-electron chi connectivity index (χ1n) is 6.54. The summed E-state index contributed by atoms with van der Waals surface area (Å²) >= 11 is 0. The first kappa shape index (κ1) is 15.5. The van der Waals surface area contributed by atoms with Gasteiger partial charge in [0, 0.05) is 12.7 Å². The Morgan fingerprint density at radius 1 is 1.37 bits per heavy atom. The molecule has 0 fully saturated rings. The Kier molecular flexibility index (Phi) is 4.95. The van der Waals surface area contributed by atoms with Gasteiger partial charge >= 0.3 is 6.03 Å². The van der Waals surface area contributed by atoms with Crippen molar-refractivity contribution in [2.45, 2.75) is 39.2 Å². The molecule has 19 heavy (non-hydrogen) atoms. The van der Waals surface area contributed by atoms with E-state index < -0.39 is 5.60 Å². The number of para-hydroxylation sites is 1. The highest BCUT2D eigenvalue weighted by Gasteiger charge is 2.20. The molecule has 4 nitrogen and oxygen atoms in total. The van der Waals surface area contributed by atoms with Crippen LogP contribution in [0.3, 0.4) is 0 Å². The molecule has 0 saturated carbocycles. The van der Waals surface area contributed by atoms with Crippen molar-refractivity contribution in [2.75, 3.05) is 18.9 Å². The number of nitrogens with one attached hydrogen (secondary N) is 1. The molecule has 4 heteroatoms. The number of anilines is 1. The molecule has 106 valence electrons. The zero-order valence-corrected chi connectivity index (χ0v) is 12.4. The zero-order chi connectivity index (χ0) is 14.6. The highest BCUT2D eigenvalue weighted by atomic mass is 16.3. The highest BCUT2D eigenvalue weighted by molar-refractivity contribution is 5.90. The van der Waals surface area contributed by atoms with E-state index in [1.165, 1.54) is 4.90 Å². The molecule has 0 unspecified atom stereocenters. The molecule has 0 heterocycles. The summed E-state index contributed by atoms with van der Waals surface area (Å²) in [6.45, 7) is 7.82. The molecule has 0 aliphatic carbocycles. The molecular formula is C15H24N2O2. The van der Waals surface area contributed by atoms with Crippen molar-refractivity contribution in [3.05, 3.63) is 29.8 Å². The van der Waals surface area contributed by atoms with Crippen LogP contribution in [0.1, 0.15) is 39.2 Å². The second-order valence-electron chi connectivity index (χ2n) is 5.84. The van der Waals surface area contributed by atoms with Crippen LogP contribution in [0.2, 0.25) is 0 Å². The number of aliphatic hydroxyl groups is 1. The van der Waals surface area contributed by atoms with Gasteiger partial charge in [-0.05, 0) is 31.4 Å². The lowest BCUT2D eigenvalue weighted by Gasteiger charge is -2.26. The van der Waals surface area contributed by atoms with Crippen LogP contribution in [0.15, 0.2) is 24.3 Å². The van der Waals surface area contributed by atoms with Crippen LogP contribution in [0.4, 0.5) is 10.5 Å². The molecule has 0 aromatic heterocycles. The maximum Gasteiger partial charge on any atom is 0.321 e. The van der Waals surface area contributed by atoms with Crippen LogP contribution in [-0.2, 0) is 0 Å². The van der Waals surface area contributed by atoms with E-state index in [0.29, 0.717) is 5.92 Å². The number of nitrogens with zero attached hydrogens (tertiary/aromatic N) is 1. The number of benzene rings is 1. The Morgan fingerprint density at radius 2 is 1.95 bits per heavy atom. The van der Waals surface area contributed by atoms with E-state index in [4.69, 9.17) is 0 Å². The number of carbonyl (C=O) groups excluding carboxylic acids is 1. The van der Waals surface area contributed by atoms with Crippen LogP contribution in [0, 0.1) is 0 Å². The minimum absolute atomic E-state index is 0.213. The van der Waals surface area contributed by atoms with Crippen molar-refractivity contribution >= 4 is 11.7 Å². The Bertz CT molecular complexity index is 436. The molecule has 0 radical (unpaired) electrons. The standard InChI is InChI=1S/C15H24N2O2/c1-11(2)12-8-6-7-9-13(12)16-14(18)17(5)10-15(3,4)19/h6-9,11,19H,10H2,1-5H3,(H,16,18). The van der Waals surface area contributed by atoms with Gasteiger partial charge in [0.15, 0.2) is 0 Å². The quantitative estimate of drug-likeness (QED) is 0.878. The minimum Gasteiger partial charge on any atom is -0.389 e. The van der Waals surface area contributed by atoms with Crippen molar-refractivity contribution in [3.63, 3.8) is 0 Å². The molecule has 0 bridgehead atoms. The first-order chi connectivity index (χ1) is 8.70. The number of likely N-dealkylation sites (N-methyl/N-ethyl adjacent to an activating group) is 1. The monoisotopic (exact) mass is 264 g/mol. The lowest BCUT2D eigenvalue weighted by molar-refractivity contribution is 0.0550. The Morgan fingerprint density at radius 3 is 2.47 bits per heavy atom. The van der Waals surface area contributed by atoms with E-state index in [2.05, 4.69) is 19.2 Å². The second-order valence-corrected chi connectivity index (χ2v) is 5.84. The molecule has 0 saturated heterocycles.